The zero-order valence-electron chi connectivity index (χ0n) is 10.9. The molecule has 2 aromatic carbocycles. The van der Waals surface area contributed by atoms with Crippen LogP contribution in [0.3, 0.4) is 0 Å². The molecule has 1 aliphatic rings. The molecule has 104 valence electrons. The Hall–Kier alpha value is -1.06. The largest absolute Gasteiger partial charge is 0.271 e. The average molecular weight is 307 g/mol. The molecule has 2 unspecified atom stereocenters. The SMILES string of the molecule is NNC(c1cccc(Cl)c1Cl)C1CCc2ccccc21. The van der Waals surface area contributed by atoms with Crippen molar-refractivity contribution in [3.05, 3.63) is 69.2 Å². The van der Waals surface area contributed by atoms with Crippen molar-refractivity contribution in [3.8, 4) is 0 Å². The molecule has 0 heterocycles. The molecule has 1 aliphatic carbocycles. The monoisotopic (exact) mass is 306 g/mol. The van der Waals surface area contributed by atoms with Gasteiger partial charge >= 0.3 is 0 Å². The van der Waals surface area contributed by atoms with Gasteiger partial charge in [0.1, 0.15) is 0 Å². The summed E-state index contributed by atoms with van der Waals surface area (Å²) in [5.74, 6) is 6.14. The molecule has 0 bridgehead atoms. The molecule has 0 amide bonds. The molecule has 2 atom stereocenters. The highest BCUT2D eigenvalue weighted by Crippen LogP contribution is 2.43. The van der Waals surface area contributed by atoms with Crippen LogP contribution in [0, 0.1) is 0 Å². The minimum absolute atomic E-state index is 0.0233. The first-order valence-electron chi connectivity index (χ1n) is 6.70. The molecule has 0 aliphatic heterocycles. The molecule has 0 saturated carbocycles. The molecule has 0 spiro atoms. The van der Waals surface area contributed by atoms with Gasteiger partial charge in [0.05, 0.1) is 16.1 Å². The smallest absolute Gasteiger partial charge is 0.0640 e. The zero-order chi connectivity index (χ0) is 14.1. The van der Waals surface area contributed by atoms with Gasteiger partial charge in [-0.3, -0.25) is 11.3 Å². The van der Waals surface area contributed by atoms with Crippen molar-refractivity contribution in [1.82, 2.24) is 5.43 Å². The number of aryl methyl sites for hydroxylation is 1. The van der Waals surface area contributed by atoms with Crippen LogP contribution in [0.1, 0.15) is 35.1 Å². The summed E-state index contributed by atoms with van der Waals surface area (Å²) in [6.07, 6.45) is 2.15. The second-order valence-electron chi connectivity index (χ2n) is 5.13. The van der Waals surface area contributed by atoms with E-state index in [1.165, 1.54) is 11.1 Å². The number of halogens is 2. The molecular formula is C16H16Cl2N2. The molecule has 0 aromatic heterocycles. The van der Waals surface area contributed by atoms with Crippen LogP contribution in [0.25, 0.3) is 0 Å². The second kappa shape index (κ2) is 5.74. The van der Waals surface area contributed by atoms with Gasteiger partial charge in [-0.2, -0.15) is 0 Å². The molecule has 0 fully saturated rings. The number of benzene rings is 2. The van der Waals surface area contributed by atoms with E-state index in [0.717, 1.165) is 18.4 Å². The van der Waals surface area contributed by atoms with Gasteiger partial charge < -0.3 is 0 Å². The van der Waals surface area contributed by atoms with Gasteiger partial charge in [-0.1, -0.05) is 59.6 Å². The number of hydrazine groups is 1. The Labute approximate surface area is 128 Å². The number of hydrogen-bond acceptors (Lipinski definition) is 2. The number of nitrogens with two attached hydrogens (primary N) is 1. The van der Waals surface area contributed by atoms with Crippen LogP contribution >= 0.6 is 23.2 Å². The third-order valence-electron chi connectivity index (χ3n) is 4.08. The van der Waals surface area contributed by atoms with Crippen LogP contribution < -0.4 is 11.3 Å². The Morgan fingerprint density at radius 3 is 2.70 bits per heavy atom. The maximum absolute atomic E-state index is 6.34. The Morgan fingerprint density at radius 1 is 1.10 bits per heavy atom. The van der Waals surface area contributed by atoms with Gasteiger partial charge in [0, 0.05) is 5.92 Å². The summed E-state index contributed by atoms with van der Waals surface area (Å²) < 4.78 is 0. The zero-order valence-corrected chi connectivity index (χ0v) is 12.5. The first kappa shape index (κ1) is 13.9. The predicted octanol–water partition coefficient (Wildman–Crippen LogP) is 4.23. The van der Waals surface area contributed by atoms with Gasteiger partial charge in [0.25, 0.3) is 0 Å². The first-order valence-corrected chi connectivity index (χ1v) is 7.46. The third-order valence-corrected chi connectivity index (χ3v) is 4.91. The minimum atomic E-state index is -0.0233. The molecule has 0 radical (unpaired) electrons. The fourth-order valence-corrected chi connectivity index (χ4v) is 3.55. The van der Waals surface area contributed by atoms with Crippen LogP contribution in [-0.2, 0) is 6.42 Å². The topological polar surface area (TPSA) is 38.0 Å². The molecule has 3 N–H and O–H groups in total. The van der Waals surface area contributed by atoms with Crippen molar-refractivity contribution in [2.24, 2.45) is 5.84 Å². The Bertz CT molecular complexity index is 628. The first-order chi connectivity index (χ1) is 9.72. The molecule has 3 rings (SSSR count). The fourth-order valence-electron chi connectivity index (χ4n) is 3.12. The summed E-state index contributed by atoms with van der Waals surface area (Å²) in [4.78, 5) is 0. The van der Waals surface area contributed by atoms with Crippen LogP contribution in [0.15, 0.2) is 42.5 Å². The van der Waals surface area contributed by atoms with Crippen LogP contribution in [-0.4, -0.2) is 0 Å². The number of hydrogen-bond donors (Lipinski definition) is 2. The van der Waals surface area contributed by atoms with E-state index in [4.69, 9.17) is 29.0 Å². The standard InChI is InChI=1S/C16H16Cl2N2/c17-14-7-3-6-13(15(14)18)16(20-19)12-9-8-10-4-1-2-5-11(10)12/h1-7,12,16,20H,8-9,19H2. The molecule has 2 nitrogen and oxygen atoms in total. The lowest BCUT2D eigenvalue weighted by molar-refractivity contribution is 0.453. The van der Waals surface area contributed by atoms with E-state index in [2.05, 4.69) is 29.7 Å². The van der Waals surface area contributed by atoms with Crippen molar-refractivity contribution in [2.45, 2.75) is 24.8 Å². The predicted molar refractivity (Wildman–Crippen MR) is 84.0 cm³/mol. The van der Waals surface area contributed by atoms with E-state index >= 15 is 0 Å². The Balaban J connectivity index is 2.02. The van der Waals surface area contributed by atoms with Gasteiger partial charge in [0.2, 0.25) is 0 Å². The molecule has 0 saturated heterocycles. The second-order valence-corrected chi connectivity index (χ2v) is 5.92. The normalized spacial score (nSPS) is 18.9. The number of fused-ring (bicyclic) bond motifs is 1. The van der Waals surface area contributed by atoms with E-state index < -0.39 is 0 Å². The van der Waals surface area contributed by atoms with Crippen molar-refractivity contribution >= 4 is 23.2 Å². The lowest BCUT2D eigenvalue weighted by Gasteiger charge is -2.25. The summed E-state index contributed by atoms with van der Waals surface area (Å²) in [6.45, 7) is 0. The van der Waals surface area contributed by atoms with Crippen LogP contribution in [0.5, 0.6) is 0 Å². The lowest BCUT2D eigenvalue weighted by Crippen LogP contribution is -2.32. The Morgan fingerprint density at radius 2 is 1.90 bits per heavy atom. The van der Waals surface area contributed by atoms with E-state index in [-0.39, 0.29) is 6.04 Å². The van der Waals surface area contributed by atoms with Crippen LogP contribution in [0.2, 0.25) is 10.0 Å². The van der Waals surface area contributed by atoms with E-state index in [9.17, 15) is 0 Å². The summed E-state index contributed by atoms with van der Waals surface area (Å²) in [5, 5.41) is 1.15. The molecular weight excluding hydrogens is 291 g/mol. The third kappa shape index (κ3) is 2.33. The van der Waals surface area contributed by atoms with Crippen LogP contribution in [0.4, 0.5) is 0 Å². The lowest BCUT2D eigenvalue weighted by atomic mass is 9.88. The molecule has 2 aromatic rings. The molecule has 20 heavy (non-hydrogen) atoms. The van der Waals surface area contributed by atoms with E-state index in [1.54, 1.807) is 6.07 Å². The van der Waals surface area contributed by atoms with Gasteiger partial charge in [-0.05, 0) is 35.6 Å². The highest BCUT2D eigenvalue weighted by atomic mass is 35.5. The summed E-state index contributed by atoms with van der Waals surface area (Å²) in [6, 6.07) is 14.2. The maximum atomic E-state index is 6.34. The quantitative estimate of drug-likeness (QED) is 0.658. The highest BCUT2D eigenvalue weighted by Gasteiger charge is 2.31. The number of rotatable bonds is 3. The Kier molecular flexibility index (Phi) is 3.99. The fraction of sp³-hybridized carbons (Fsp3) is 0.250. The van der Waals surface area contributed by atoms with Crippen molar-refractivity contribution in [1.29, 1.82) is 0 Å². The van der Waals surface area contributed by atoms with E-state index in [1.807, 2.05) is 12.1 Å². The van der Waals surface area contributed by atoms with Gasteiger partial charge in [-0.25, -0.2) is 0 Å². The molecule has 4 heteroatoms. The van der Waals surface area contributed by atoms with Gasteiger partial charge in [-0.15, -0.1) is 0 Å². The summed E-state index contributed by atoms with van der Waals surface area (Å²) in [7, 11) is 0. The average Bonchev–Trinajstić information content (AvgIpc) is 2.88. The highest BCUT2D eigenvalue weighted by molar-refractivity contribution is 6.42. The minimum Gasteiger partial charge on any atom is -0.271 e. The summed E-state index contributed by atoms with van der Waals surface area (Å²) >= 11 is 12.5. The van der Waals surface area contributed by atoms with E-state index in [0.29, 0.717) is 16.0 Å². The van der Waals surface area contributed by atoms with Crippen molar-refractivity contribution < 1.29 is 0 Å². The van der Waals surface area contributed by atoms with Gasteiger partial charge in [0.15, 0.2) is 0 Å². The van der Waals surface area contributed by atoms with Crippen molar-refractivity contribution in [3.63, 3.8) is 0 Å². The maximum Gasteiger partial charge on any atom is 0.0640 e. The number of nitrogens with one attached hydrogen (secondary N) is 1. The summed E-state index contributed by atoms with van der Waals surface area (Å²) in [5.41, 5.74) is 6.64. The van der Waals surface area contributed by atoms with Crippen molar-refractivity contribution in [2.75, 3.05) is 0 Å².